The summed E-state index contributed by atoms with van der Waals surface area (Å²) >= 11 is 0. The average Bonchev–Trinajstić information content (AvgIpc) is 2.42. The Labute approximate surface area is 116 Å². The van der Waals surface area contributed by atoms with Crippen LogP contribution in [0, 0.1) is 12.7 Å². The molecule has 0 bridgehead atoms. The number of aryl methyl sites for hydroxylation is 1. The third-order valence-corrected chi connectivity index (χ3v) is 3.64. The Morgan fingerprint density at radius 1 is 1.16 bits per heavy atom. The molecule has 3 heteroatoms. The van der Waals surface area contributed by atoms with Crippen molar-refractivity contribution in [3.8, 4) is 0 Å². The molecule has 0 saturated heterocycles. The van der Waals surface area contributed by atoms with Gasteiger partial charge in [0.15, 0.2) is 0 Å². The number of halogens is 1. The molecular weight excluding hydrogens is 239 g/mol. The standard InChI is InChI=1S/C16H27FN2/c1-3-4-5-6-7-8-12-15(19-18)14-11-9-10-13(2)16(14)17/h9-11,15,19H,3-8,12,18H2,1-2H3. The van der Waals surface area contributed by atoms with Crippen LogP contribution in [-0.2, 0) is 0 Å². The van der Waals surface area contributed by atoms with Gasteiger partial charge < -0.3 is 0 Å². The number of hydrogen-bond donors (Lipinski definition) is 2. The van der Waals surface area contributed by atoms with Crippen molar-refractivity contribution in [2.24, 2.45) is 5.84 Å². The molecule has 2 nitrogen and oxygen atoms in total. The van der Waals surface area contributed by atoms with Gasteiger partial charge in [0.2, 0.25) is 0 Å². The van der Waals surface area contributed by atoms with E-state index in [-0.39, 0.29) is 11.9 Å². The van der Waals surface area contributed by atoms with Gasteiger partial charge in [-0.25, -0.2) is 4.39 Å². The highest BCUT2D eigenvalue weighted by molar-refractivity contribution is 5.27. The van der Waals surface area contributed by atoms with Crippen LogP contribution in [0.15, 0.2) is 18.2 Å². The number of nitrogens with one attached hydrogen (secondary N) is 1. The molecule has 1 aromatic rings. The second kappa shape index (κ2) is 9.05. The van der Waals surface area contributed by atoms with Crippen molar-refractivity contribution >= 4 is 0 Å². The summed E-state index contributed by atoms with van der Waals surface area (Å²) in [4.78, 5) is 0. The number of hydrogen-bond acceptors (Lipinski definition) is 2. The Kier molecular flexibility index (Phi) is 7.68. The van der Waals surface area contributed by atoms with E-state index in [1.54, 1.807) is 13.0 Å². The molecular formula is C16H27FN2. The normalized spacial score (nSPS) is 12.6. The van der Waals surface area contributed by atoms with Crippen LogP contribution in [0.2, 0.25) is 0 Å². The lowest BCUT2D eigenvalue weighted by atomic mass is 9.98. The molecule has 0 amide bonds. The second-order valence-corrected chi connectivity index (χ2v) is 5.25. The van der Waals surface area contributed by atoms with Gasteiger partial charge in [0.25, 0.3) is 0 Å². The summed E-state index contributed by atoms with van der Waals surface area (Å²) in [6, 6.07) is 5.42. The molecule has 1 rings (SSSR count). The van der Waals surface area contributed by atoms with Gasteiger partial charge in [0, 0.05) is 11.6 Å². The third kappa shape index (κ3) is 5.29. The van der Waals surface area contributed by atoms with Crippen LogP contribution in [0.3, 0.4) is 0 Å². The molecule has 0 fully saturated rings. The Balaban J connectivity index is 2.43. The maximum atomic E-state index is 14.0. The smallest absolute Gasteiger partial charge is 0.130 e. The van der Waals surface area contributed by atoms with E-state index in [1.165, 1.54) is 32.1 Å². The number of nitrogens with two attached hydrogens (primary N) is 1. The van der Waals surface area contributed by atoms with Crippen molar-refractivity contribution in [3.05, 3.63) is 35.1 Å². The quantitative estimate of drug-likeness (QED) is 0.395. The molecule has 0 aromatic heterocycles. The van der Waals surface area contributed by atoms with Crippen LogP contribution in [0.5, 0.6) is 0 Å². The lowest BCUT2D eigenvalue weighted by Crippen LogP contribution is -2.28. The van der Waals surface area contributed by atoms with Gasteiger partial charge in [-0.3, -0.25) is 11.3 Å². The second-order valence-electron chi connectivity index (χ2n) is 5.25. The number of unbranched alkanes of at least 4 members (excludes halogenated alkanes) is 5. The first-order valence-corrected chi connectivity index (χ1v) is 7.41. The molecule has 0 aliphatic heterocycles. The lowest BCUT2D eigenvalue weighted by Gasteiger charge is -2.17. The lowest BCUT2D eigenvalue weighted by molar-refractivity contribution is 0.456. The summed E-state index contributed by atoms with van der Waals surface area (Å²) < 4.78 is 14.0. The van der Waals surface area contributed by atoms with E-state index < -0.39 is 0 Å². The fourth-order valence-electron chi connectivity index (χ4n) is 2.40. The van der Waals surface area contributed by atoms with Crippen LogP contribution in [0.4, 0.5) is 4.39 Å². The van der Waals surface area contributed by atoms with Crippen LogP contribution >= 0.6 is 0 Å². The molecule has 3 N–H and O–H groups in total. The van der Waals surface area contributed by atoms with E-state index in [4.69, 9.17) is 5.84 Å². The number of benzene rings is 1. The largest absolute Gasteiger partial charge is 0.271 e. The predicted octanol–water partition coefficient (Wildman–Crippen LogP) is 4.39. The summed E-state index contributed by atoms with van der Waals surface area (Å²) in [7, 11) is 0. The summed E-state index contributed by atoms with van der Waals surface area (Å²) in [5.41, 5.74) is 4.12. The maximum absolute atomic E-state index is 14.0. The molecule has 0 aliphatic carbocycles. The Morgan fingerprint density at radius 3 is 2.53 bits per heavy atom. The van der Waals surface area contributed by atoms with Gasteiger partial charge in [0.05, 0.1) is 0 Å². The van der Waals surface area contributed by atoms with Gasteiger partial charge in [-0.05, 0) is 18.9 Å². The van der Waals surface area contributed by atoms with Gasteiger partial charge in [0.1, 0.15) is 5.82 Å². The third-order valence-electron chi connectivity index (χ3n) is 3.64. The van der Waals surface area contributed by atoms with E-state index in [0.29, 0.717) is 11.1 Å². The van der Waals surface area contributed by atoms with E-state index in [9.17, 15) is 4.39 Å². The molecule has 0 heterocycles. The van der Waals surface area contributed by atoms with Crippen LogP contribution in [-0.4, -0.2) is 0 Å². The van der Waals surface area contributed by atoms with Crippen LogP contribution in [0.25, 0.3) is 0 Å². The fourth-order valence-corrected chi connectivity index (χ4v) is 2.40. The first kappa shape index (κ1) is 16.1. The van der Waals surface area contributed by atoms with Crippen molar-refractivity contribution in [1.82, 2.24) is 5.43 Å². The SMILES string of the molecule is CCCCCCCCC(NN)c1cccc(C)c1F. The average molecular weight is 266 g/mol. The molecule has 108 valence electrons. The van der Waals surface area contributed by atoms with E-state index in [1.807, 2.05) is 12.1 Å². The molecule has 0 aliphatic rings. The predicted molar refractivity (Wildman–Crippen MR) is 79.2 cm³/mol. The molecule has 0 saturated carbocycles. The molecule has 0 spiro atoms. The molecule has 0 radical (unpaired) electrons. The fraction of sp³-hybridized carbons (Fsp3) is 0.625. The molecule has 1 aromatic carbocycles. The summed E-state index contributed by atoms with van der Waals surface area (Å²) in [6.07, 6.45) is 8.32. The summed E-state index contributed by atoms with van der Waals surface area (Å²) in [6.45, 7) is 4.01. The van der Waals surface area contributed by atoms with Crippen molar-refractivity contribution in [2.45, 2.75) is 64.8 Å². The van der Waals surface area contributed by atoms with E-state index in [0.717, 1.165) is 12.8 Å². The van der Waals surface area contributed by atoms with Crippen molar-refractivity contribution in [3.63, 3.8) is 0 Å². The molecule has 1 unspecified atom stereocenters. The number of rotatable bonds is 9. The zero-order chi connectivity index (χ0) is 14.1. The van der Waals surface area contributed by atoms with Gasteiger partial charge in [-0.1, -0.05) is 63.6 Å². The minimum absolute atomic E-state index is 0.0777. The number of hydrazine groups is 1. The monoisotopic (exact) mass is 266 g/mol. The molecule has 1 atom stereocenters. The Hall–Kier alpha value is -0.930. The topological polar surface area (TPSA) is 38.0 Å². The summed E-state index contributed by atoms with van der Waals surface area (Å²) in [5.74, 6) is 5.44. The van der Waals surface area contributed by atoms with E-state index in [2.05, 4.69) is 12.3 Å². The van der Waals surface area contributed by atoms with E-state index >= 15 is 0 Å². The highest BCUT2D eigenvalue weighted by Gasteiger charge is 2.14. The highest BCUT2D eigenvalue weighted by atomic mass is 19.1. The summed E-state index contributed by atoms with van der Waals surface area (Å²) in [5, 5.41) is 0. The Bertz CT molecular complexity index is 366. The van der Waals surface area contributed by atoms with Gasteiger partial charge >= 0.3 is 0 Å². The first-order valence-electron chi connectivity index (χ1n) is 7.41. The first-order chi connectivity index (χ1) is 9.20. The zero-order valence-corrected chi connectivity index (χ0v) is 12.2. The van der Waals surface area contributed by atoms with Gasteiger partial charge in [-0.2, -0.15) is 0 Å². The van der Waals surface area contributed by atoms with Crippen molar-refractivity contribution < 1.29 is 4.39 Å². The minimum atomic E-state index is -0.128. The van der Waals surface area contributed by atoms with Gasteiger partial charge in [-0.15, -0.1) is 0 Å². The zero-order valence-electron chi connectivity index (χ0n) is 12.2. The highest BCUT2D eigenvalue weighted by Crippen LogP contribution is 2.24. The molecule has 19 heavy (non-hydrogen) atoms. The van der Waals surface area contributed by atoms with Crippen molar-refractivity contribution in [1.29, 1.82) is 0 Å². The Morgan fingerprint density at radius 2 is 1.84 bits per heavy atom. The van der Waals surface area contributed by atoms with Crippen LogP contribution in [0.1, 0.15) is 69.0 Å². The maximum Gasteiger partial charge on any atom is 0.130 e. The minimum Gasteiger partial charge on any atom is -0.271 e. The van der Waals surface area contributed by atoms with Crippen molar-refractivity contribution in [2.75, 3.05) is 0 Å². The van der Waals surface area contributed by atoms with Crippen LogP contribution < -0.4 is 11.3 Å².